The van der Waals surface area contributed by atoms with Gasteiger partial charge in [0, 0.05) is 45.8 Å². The molecule has 128 valence electrons. The Balaban J connectivity index is 1.57. The second kappa shape index (κ2) is 7.09. The Bertz CT molecular complexity index is 707. The maximum atomic E-state index is 13.3. The lowest BCUT2D eigenvalue weighted by molar-refractivity contribution is 0.327. The number of anilines is 2. The van der Waals surface area contributed by atoms with E-state index in [0.717, 1.165) is 36.7 Å². The summed E-state index contributed by atoms with van der Waals surface area (Å²) in [5, 5.41) is 3.42. The number of nitrogens with zero attached hydrogens (tertiary/aromatic N) is 4. The highest BCUT2D eigenvalue weighted by Gasteiger charge is 2.23. The monoisotopic (exact) mass is 333 g/mol. The Hall–Kier alpha value is -2.28. The van der Waals surface area contributed by atoms with E-state index in [1.54, 1.807) is 12.4 Å². The minimum absolute atomic E-state index is 0.278. The molecule has 1 fully saturated rings. The molecule has 0 saturated carbocycles. The number of hydrogen-bond donors (Lipinski definition) is 1. The fourth-order valence-electron chi connectivity index (χ4n) is 2.87. The molecule has 1 saturated heterocycles. The molecule has 7 heteroatoms. The number of benzene rings is 1. The first-order valence-electron chi connectivity index (χ1n) is 7.93. The summed E-state index contributed by atoms with van der Waals surface area (Å²) >= 11 is 0. The molecule has 1 aliphatic heterocycles. The summed E-state index contributed by atoms with van der Waals surface area (Å²) in [7, 11) is 3.87. The minimum Gasteiger partial charge on any atom is -0.366 e. The van der Waals surface area contributed by atoms with Crippen molar-refractivity contribution in [3.63, 3.8) is 0 Å². The zero-order valence-electron chi connectivity index (χ0n) is 13.8. The van der Waals surface area contributed by atoms with Gasteiger partial charge in [-0.3, -0.25) is 4.90 Å². The molecular formula is C17H21F2N5. The van der Waals surface area contributed by atoms with E-state index in [-0.39, 0.29) is 6.04 Å². The summed E-state index contributed by atoms with van der Waals surface area (Å²) in [6, 6.07) is 6.27. The Morgan fingerprint density at radius 3 is 2.79 bits per heavy atom. The fraction of sp³-hybridized carbons (Fsp3) is 0.412. The third kappa shape index (κ3) is 3.97. The van der Waals surface area contributed by atoms with Gasteiger partial charge in [0.15, 0.2) is 11.6 Å². The van der Waals surface area contributed by atoms with Crippen LogP contribution < -0.4 is 10.2 Å². The van der Waals surface area contributed by atoms with Gasteiger partial charge in [-0.05, 0) is 24.1 Å². The lowest BCUT2D eigenvalue weighted by Crippen LogP contribution is -2.26. The molecule has 3 rings (SSSR count). The molecule has 0 amide bonds. The van der Waals surface area contributed by atoms with Crippen LogP contribution in [0.15, 0.2) is 30.6 Å². The van der Waals surface area contributed by atoms with E-state index in [9.17, 15) is 8.78 Å². The highest BCUT2D eigenvalue weighted by atomic mass is 19.2. The molecule has 1 aromatic carbocycles. The minimum atomic E-state index is -0.805. The van der Waals surface area contributed by atoms with Gasteiger partial charge in [0.05, 0.1) is 0 Å². The van der Waals surface area contributed by atoms with Crippen molar-refractivity contribution in [3.8, 4) is 0 Å². The zero-order chi connectivity index (χ0) is 17.1. The molecule has 2 heterocycles. The molecule has 1 atom stereocenters. The van der Waals surface area contributed by atoms with E-state index in [1.165, 1.54) is 12.1 Å². The number of likely N-dealkylation sites (tertiary alicyclic amines) is 1. The smallest absolute Gasteiger partial charge is 0.159 e. The second-order valence-electron chi connectivity index (χ2n) is 6.27. The van der Waals surface area contributed by atoms with Crippen LogP contribution in [0.2, 0.25) is 0 Å². The van der Waals surface area contributed by atoms with Gasteiger partial charge in [-0.25, -0.2) is 18.7 Å². The zero-order valence-corrected chi connectivity index (χ0v) is 13.8. The molecule has 0 radical (unpaired) electrons. The first-order chi connectivity index (χ1) is 11.5. The third-order valence-corrected chi connectivity index (χ3v) is 4.13. The van der Waals surface area contributed by atoms with Gasteiger partial charge < -0.3 is 10.2 Å². The second-order valence-corrected chi connectivity index (χ2v) is 6.27. The molecule has 1 aromatic heterocycles. The number of nitrogens with one attached hydrogen (secondary N) is 1. The quantitative estimate of drug-likeness (QED) is 0.911. The Kier molecular flexibility index (Phi) is 4.89. The van der Waals surface area contributed by atoms with Gasteiger partial charge in [-0.1, -0.05) is 6.07 Å². The normalized spacial score (nSPS) is 17.9. The molecule has 0 spiro atoms. The van der Waals surface area contributed by atoms with Crippen molar-refractivity contribution in [1.29, 1.82) is 0 Å². The van der Waals surface area contributed by atoms with Gasteiger partial charge in [0.1, 0.15) is 18.0 Å². The summed E-state index contributed by atoms with van der Waals surface area (Å²) in [4.78, 5) is 12.6. The van der Waals surface area contributed by atoms with Crippen molar-refractivity contribution >= 4 is 11.6 Å². The molecule has 2 aromatic rings. The highest BCUT2D eigenvalue weighted by Crippen LogP contribution is 2.19. The lowest BCUT2D eigenvalue weighted by Gasteiger charge is -2.18. The predicted molar refractivity (Wildman–Crippen MR) is 90.0 cm³/mol. The highest BCUT2D eigenvalue weighted by molar-refractivity contribution is 5.48. The molecule has 0 bridgehead atoms. The molecule has 1 unspecified atom stereocenters. The van der Waals surface area contributed by atoms with Gasteiger partial charge in [0.2, 0.25) is 0 Å². The molecular weight excluding hydrogens is 312 g/mol. The van der Waals surface area contributed by atoms with Crippen LogP contribution in [0.1, 0.15) is 12.0 Å². The Morgan fingerprint density at radius 2 is 2.04 bits per heavy atom. The molecule has 1 N–H and O–H groups in total. The number of halogens is 2. The Morgan fingerprint density at radius 1 is 1.21 bits per heavy atom. The summed E-state index contributed by atoms with van der Waals surface area (Å²) in [5.74, 6) is 0.0521. The van der Waals surface area contributed by atoms with Gasteiger partial charge >= 0.3 is 0 Å². The average Bonchev–Trinajstić information content (AvgIpc) is 2.98. The first-order valence-corrected chi connectivity index (χ1v) is 7.93. The molecule has 24 heavy (non-hydrogen) atoms. The standard InChI is InChI=1S/C17H21F2N5/c1-23(2)17-8-16(20-11-21-17)22-13-5-6-24(10-13)9-12-3-4-14(18)15(19)7-12/h3-4,7-8,11,13H,5-6,9-10H2,1-2H3,(H,20,21,22). The van der Waals surface area contributed by atoms with Crippen LogP contribution in [0.3, 0.4) is 0 Å². The summed E-state index contributed by atoms with van der Waals surface area (Å²) in [6.45, 7) is 2.35. The van der Waals surface area contributed by atoms with Gasteiger partial charge in [-0.15, -0.1) is 0 Å². The van der Waals surface area contributed by atoms with Crippen LogP contribution in [0.5, 0.6) is 0 Å². The summed E-state index contributed by atoms with van der Waals surface area (Å²) in [6.07, 6.45) is 2.52. The third-order valence-electron chi connectivity index (χ3n) is 4.13. The number of aromatic nitrogens is 2. The largest absolute Gasteiger partial charge is 0.366 e. The fourth-order valence-corrected chi connectivity index (χ4v) is 2.87. The van der Waals surface area contributed by atoms with Crippen LogP contribution in [-0.4, -0.2) is 48.1 Å². The van der Waals surface area contributed by atoms with Crippen molar-refractivity contribution < 1.29 is 8.78 Å². The van der Waals surface area contributed by atoms with Crippen molar-refractivity contribution in [1.82, 2.24) is 14.9 Å². The lowest BCUT2D eigenvalue weighted by atomic mass is 10.2. The van der Waals surface area contributed by atoms with Crippen LogP contribution in [0.25, 0.3) is 0 Å². The van der Waals surface area contributed by atoms with Crippen LogP contribution in [-0.2, 0) is 6.54 Å². The average molecular weight is 333 g/mol. The van der Waals surface area contributed by atoms with Crippen molar-refractivity contribution in [3.05, 3.63) is 47.8 Å². The summed E-state index contributed by atoms with van der Waals surface area (Å²) in [5.41, 5.74) is 0.784. The van der Waals surface area contributed by atoms with E-state index >= 15 is 0 Å². The topological polar surface area (TPSA) is 44.3 Å². The van der Waals surface area contributed by atoms with E-state index in [1.807, 2.05) is 25.1 Å². The predicted octanol–water partition coefficient (Wildman–Crippen LogP) is 2.51. The number of rotatable bonds is 5. The van der Waals surface area contributed by atoms with E-state index in [0.29, 0.717) is 6.54 Å². The van der Waals surface area contributed by atoms with E-state index in [2.05, 4.69) is 20.2 Å². The molecule has 0 aliphatic carbocycles. The van der Waals surface area contributed by atoms with Crippen LogP contribution >= 0.6 is 0 Å². The van der Waals surface area contributed by atoms with Crippen LogP contribution in [0, 0.1) is 11.6 Å². The van der Waals surface area contributed by atoms with Crippen molar-refractivity contribution in [2.24, 2.45) is 0 Å². The number of hydrogen-bond acceptors (Lipinski definition) is 5. The molecule has 5 nitrogen and oxygen atoms in total. The van der Waals surface area contributed by atoms with Crippen LogP contribution in [0.4, 0.5) is 20.4 Å². The Labute approximate surface area is 140 Å². The maximum Gasteiger partial charge on any atom is 0.159 e. The van der Waals surface area contributed by atoms with Crippen molar-refractivity contribution in [2.75, 3.05) is 37.4 Å². The maximum absolute atomic E-state index is 13.3. The molecule has 1 aliphatic rings. The first kappa shape index (κ1) is 16.6. The van der Waals surface area contributed by atoms with E-state index in [4.69, 9.17) is 0 Å². The SMILES string of the molecule is CN(C)c1cc(NC2CCN(Cc3ccc(F)c(F)c3)C2)ncn1. The van der Waals surface area contributed by atoms with Gasteiger partial charge in [0.25, 0.3) is 0 Å². The summed E-state index contributed by atoms with van der Waals surface area (Å²) < 4.78 is 26.3. The van der Waals surface area contributed by atoms with Gasteiger partial charge in [-0.2, -0.15) is 0 Å². The van der Waals surface area contributed by atoms with E-state index < -0.39 is 11.6 Å². The van der Waals surface area contributed by atoms with Crippen molar-refractivity contribution in [2.45, 2.75) is 19.0 Å².